The van der Waals surface area contributed by atoms with Crippen molar-refractivity contribution in [1.29, 1.82) is 0 Å². The number of alkyl halides is 3. The highest BCUT2D eigenvalue weighted by molar-refractivity contribution is 5.67. The van der Waals surface area contributed by atoms with E-state index in [1.807, 2.05) is 36.4 Å². The number of carbonyl (C=O) groups is 2. The van der Waals surface area contributed by atoms with Crippen LogP contribution in [0.4, 0.5) is 13.2 Å². The lowest BCUT2D eigenvalue weighted by molar-refractivity contribution is -0.159. The lowest BCUT2D eigenvalue weighted by Crippen LogP contribution is -2.17. The van der Waals surface area contributed by atoms with Gasteiger partial charge in [-0.3, -0.25) is 9.59 Å². The molecule has 1 aromatic carbocycles. The van der Waals surface area contributed by atoms with E-state index in [1.54, 1.807) is 12.2 Å². The second-order valence-corrected chi connectivity index (χ2v) is 4.84. The number of aliphatic hydroxyl groups is 1. The maximum atomic E-state index is 10.6. The molecular formula is C17H21F3O5. The van der Waals surface area contributed by atoms with Gasteiger partial charge in [-0.2, -0.15) is 13.2 Å². The normalized spacial score (nSPS) is 18.2. The standard InChI is InChI=1S/C9H12O4.C6H6.C2H3F3O/c1-6(10)12-8-3-4-9(5-8)13-7(2)11;1-2-4-6-5-3-1;3-2(4,5)1-6/h3-4,8-9H,5H2,1-2H3;1-6H;6H,1H2. The Hall–Kier alpha value is -2.35. The highest BCUT2D eigenvalue weighted by atomic mass is 19.4. The summed E-state index contributed by atoms with van der Waals surface area (Å²) in [7, 11) is 0. The van der Waals surface area contributed by atoms with Gasteiger partial charge in [0.15, 0.2) is 0 Å². The van der Waals surface area contributed by atoms with Crippen molar-refractivity contribution in [2.45, 2.75) is 38.7 Å². The summed E-state index contributed by atoms with van der Waals surface area (Å²) in [4.78, 5) is 21.1. The van der Waals surface area contributed by atoms with Gasteiger partial charge in [0.25, 0.3) is 0 Å². The third kappa shape index (κ3) is 14.9. The van der Waals surface area contributed by atoms with Gasteiger partial charge in [0.1, 0.15) is 18.8 Å². The number of carbonyl (C=O) groups excluding carboxylic acids is 2. The fraction of sp³-hybridized carbons (Fsp3) is 0.412. The average Bonchev–Trinajstić information content (AvgIpc) is 2.95. The molecule has 25 heavy (non-hydrogen) atoms. The number of benzene rings is 1. The molecule has 0 fully saturated rings. The zero-order valence-electron chi connectivity index (χ0n) is 13.9. The van der Waals surface area contributed by atoms with Crippen molar-refractivity contribution in [2.24, 2.45) is 0 Å². The molecule has 1 N–H and O–H groups in total. The van der Waals surface area contributed by atoms with Crippen LogP contribution >= 0.6 is 0 Å². The van der Waals surface area contributed by atoms with Crippen molar-refractivity contribution < 1.29 is 37.3 Å². The molecule has 0 aliphatic heterocycles. The molecule has 0 bridgehead atoms. The quantitative estimate of drug-likeness (QED) is 0.647. The minimum Gasteiger partial charge on any atom is -0.458 e. The molecule has 2 rings (SSSR count). The van der Waals surface area contributed by atoms with E-state index in [2.05, 4.69) is 0 Å². The molecule has 2 unspecified atom stereocenters. The molecule has 0 radical (unpaired) electrons. The zero-order valence-corrected chi connectivity index (χ0v) is 13.9. The molecule has 0 saturated heterocycles. The summed E-state index contributed by atoms with van der Waals surface area (Å²) in [6.07, 6.45) is -0.910. The number of hydrogen-bond acceptors (Lipinski definition) is 5. The Balaban J connectivity index is 0.000000399. The SMILES string of the molecule is CC(=O)OC1C=CC(OC(C)=O)C1.OCC(F)(F)F.c1ccccc1. The number of ether oxygens (including phenoxy) is 2. The Kier molecular flexibility index (Phi) is 10.9. The first-order valence-electron chi connectivity index (χ1n) is 7.34. The van der Waals surface area contributed by atoms with E-state index < -0.39 is 12.8 Å². The van der Waals surface area contributed by atoms with Crippen molar-refractivity contribution in [3.8, 4) is 0 Å². The minimum atomic E-state index is -4.40. The predicted molar refractivity (Wildman–Crippen MR) is 84.4 cm³/mol. The third-order valence-corrected chi connectivity index (χ3v) is 2.49. The van der Waals surface area contributed by atoms with Gasteiger partial charge in [0.05, 0.1) is 0 Å². The van der Waals surface area contributed by atoms with Crippen LogP contribution in [0.25, 0.3) is 0 Å². The molecule has 0 aromatic heterocycles. The van der Waals surface area contributed by atoms with Gasteiger partial charge in [-0.15, -0.1) is 0 Å². The molecule has 1 aliphatic carbocycles. The van der Waals surface area contributed by atoms with E-state index >= 15 is 0 Å². The molecule has 0 saturated carbocycles. The summed E-state index contributed by atoms with van der Waals surface area (Å²) in [5, 5.41) is 7.28. The number of halogens is 3. The molecule has 0 spiro atoms. The fourth-order valence-corrected chi connectivity index (χ4v) is 1.62. The summed E-state index contributed by atoms with van der Waals surface area (Å²) < 4.78 is 41.4. The first-order chi connectivity index (χ1) is 11.6. The van der Waals surface area contributed by atoms with Crippen LogP contribution < -0.4 is 0 Å². The van der Waals surface area contributed by atoms with E-state index in [9.17, 15) is 22.8 Å². The molecular weight excluding hydrogens is 341 g/mol. The Morgan fingerprint density at radius 2 is 1.20 bits per heavy atom. The fourth-order valence-electron chi connectivity index (χ4n) is 1.62. The van der Waals surface area contributed by atoms with Gasteiger partial charge in [-0.1, -0.05) is 36.4 Å². The van der Waals surface area contributed by atoms with Crippen LogP contribution in [0.15, 0.2) is 48.6 Å². The summed E-state index contributed by atoms with van der Waals surface area (Å²) in [5.74, 6) is -0.642. The molecule has 140 valence electrons. The van der Waals surface area contributed by atoms with Crippen LogP contribution in [0.5, 0.6) is 0 Å². The van der Waals surface area contributed by atoms with E-state index in [1.165, 1.54) is 13.8 Å². The van der Waals surface area contributed by atoms with Crippen molar-refractivity contribution in [3.05, 3.63) is 48.6 Å². The smallest absolute Gasteiger partial charge is 0.411 e. The summed E-state index contributed by atoms with van der Waals surface area (Å²) in [6.45, 7) is 0.979. The number of hydrogen-bond donors (Lipinski definition) is 1. The minimum absolute atomic E-state index is 0.248. The van der Waals surface area contributed by atoms with Gasteiger partial charge in [0.2, 0.25) is 0 Å². The number of esters is 2. The molecule has 1 aliphatic rings. The average molecular weight is 362 g/mol. The van der Waals surface area contributed by atoms with Gasteiger partial charge in [-0.05, 0) is 12.2 Å². The van der Waals surface area contributed by atoms with Crippen LogP contribution in [0.2, 0.25) is 0 Å². The molecule has 0 amide bonds. The Labute approximate surface area is 144 Å². The summed E-state index contributed by atoms with van der Waals surface area (Å²) >= 11 is 0. The second kappa shape index (κ2) is 12.1. The zero-order chi connectivity index (χ0) is 19.3. The van der Waals surface area contributed by atoms with Crippen molar-refractivity contribution >= 4 is 11.9 Å². The second-order valence-electron chi connectivity index (χ2n) is 4.84. The highest BCUT2D eigenvalue weighted by Gasteiger charge is 2.24. The lowest BCUT2D eigenvalue weighted by Gasteiger charge is -2.11. The summed E-state index contributed by atoms with van der Waals surface area (Å²) in [6, 6.07) is 12.0. The van der Waals surface area contributed by atoms with Crippen LogP contribution in [-0.2, 0) is 19.1 Å². The van der Waals surface area contributed by atoms with Crippen molar-refractivity contribution in [1.82, 2.24) is 0 Å². The Bertz CT molecular complexity index is 478. The summed E-state index contributed by atoms with van der Waals surface area (Å²) in [5.41, 5.74) is 0. The lowest BCUT2D eigenvalue weighted by atomic mass is 10.3. The van der Waals surface area contributed by atoms with Gasteiger partial charge >= 0.3 is 18.1 Å². The highest BCUT2D eigenvalue weighted by Crippen LogP contribution is 2.17. The number of rotatable bonds is 2. The predicted octanol–water partition coefficient (Wildman–Crippen LogP) is 3.04. The van der Waals surface area contributed by atoms with E-state index in [4.69, 9.17) is 14.6 Å². The molecule has 2 atom stereocenters. The number of aliphatic hydroxyl groups excluding tert-OH is 1. The van der Waals surface area contributed by atoms with E-state index in [-0.39, 0.29) is 24.1 Å². The molecule has 1 aromatic rings. The Morgan fingerprint density at radius 1 is 0.920 bits per heavy atom. The van der Waals surface area contributed by atoms with Gasteiger partial charge in [-0.25, -0.2) is 0 Å². The van der Waals surface area contributed by atoms with Crippen molar-refractivity contribution in [3.63, 3.8) is 0 Å². The molecule has 0 heterocycles. The first kappa shape index (κ1) is 22.6. The van der Waals surface area contributed by atoms with Crippen LogP contribution in [0, 0.1) is 0 Å². The third-order valence-electron chi connectivity index (χ3n) is 2.49. The maximum absolute atomic E-state index is 10.6. The van der Waals surface area contributed by atoms with Crippen LogP contribution in [0.1, 0.15) is 20.3 Å². The molecule has 8 heteroatoms. The Morgan fingerprint density at radius 3 is 1.40 bits per heavy atom. The largest absolute Gasteiger partial charge is 0.458 e. The van der Waals surface area contributed by atoms with Crippen LogP contribution in [-0.4, -0.2) is 42.0 Å². The van der Waals surface area contributed by atoms with Crippen LogP contribution in [0.3, 0.4) is 0 Å². The van der Waals surface area contributed by atoms with Crippen molar-refractivity contribution in [2.75, 3.05) is 6.61 Å². The topological polar surface area (TPSA) is 72.8 Å². The van der Waals surface area contributed by atoms with E-state index in [0.717, 1.165) is 0 Å². The monoisotopic (exact) mass is 362 g/mol. The first-order valence-corrected chi connectivity index (χ1v) is 7.34. The van der Waals surface area contributed by atoms with E-state index in [0.29, 0.717) is 6.42 Å². The van der Waals surface area contributed by atoms with Gasteiger partial charge < -0.3 is 14.6 Å². The maximum Gasteiger partial charge on any atom is 0.411 e. The molecule has 5 nitrogen and oxygen atoms in total. The van der Waals surface area contributed by atoms with Gasteiger partial charge in [0, 0.05) is 20.3 Å².